The van der Waals surface area contributed by atoms with Crippen molar-refractivity contribution in [1.82, 2.24) is 4.98 Å². The molecule has 6 nitrogen and oxygen atoms in total. The Kier molecular flexibility index (Phi) is 2.97. The van der Waals surface area contributed by atoms with Gasteiger partial charge in [-0.2, -0.15) is 0 Å². The summed E-state index contributed by atoms with van der Waals surface area (Å²) in [4.78, 5) is 14.5. The number of nitrogens with zero attached hydrogens (tertiary/aromatic N) is 2. The van der Waals surface area contributed by atoms with Crippen molar-refractivity contribution in [3.8, 4) is 5.75 Å². The van der Waals surface area contributed by atoms with Gasteiger partial charge in [0.15, 0.2) is 11.3 Å². The molecule has 2 N–H and O–H groups in total. The lowest BCUT2D eigenvalue weighted by molar-refractivity contribution is -0.384. The zero-order chi connectivity index (χ0) is 11.5. The van der Waals surface area contributed by atoms with Crippen molar-refractivity contribution in [2.45, 2.75) is 0 Å². The molecule has 2 aromatic rings. The van der Waals surface area contributed by atoms with Crippen LogP contribution in [-0.4, -0.2) is 23.1 Å². The largest absolute Gasteiger partial charge is 0.485 e. The Morgan fingerprint density at radius 3 is 3.06 bits per heavy atom. The highest BCUT2D eigenvalue weighted by atomic mass is 32.1. The van der Waals surface area contributed by atoms with Gasteiger partial charge in [0.05, 0.1) is 15.1 Å². The Morgan fingerprint density at radius 1 is 1.56 bits per heavy atom. The quantitative estimate of drug-likeness (QED) is 0.645. The van der Waals surface area contributed by atoms with Crippen molar-refractivity contribution >= 4 is 27.2 Å². The van der Waals surface area contributed by atoms with Crippen LogP contribution in [0.3, 0.4) is 0 Å². The van der Waals surface area contributed by atoms with E-state index in [1.807, 2.05) is 0 Å². The summed E-state index contributed by atoms with van der Waals surface area (Å²) < 4.78 is 5.99. The predicted octanol–water partition coefficient (Wildman–Crippen LogP) is 1.54. The maximum absolute atomic E-state index is 11.0. The van der Waals surface area contributed by atoms with Crippen LogP contribution in [0.25, 0.3) is 10.2 Å². The minimum atomic E-state index is -0.478. The Bertz CT molecular complexity index is 526. The Labute approximate surface area is 94.8 Å². The van der Waals surface area contributed by atoms with E-state index in [1.54, 1.807) is 17.6 Å². The van der Waals surface area contributed by atoms with E-state index in [1.165, 1.54) is 11.3 Å². The molecular formula is C9H9N3O3S. The Morgan fingerprint density at radius 2 is 2.38 bits per heavy atom. The van der Waals surface area contributed by atoms with Crippen LogP contribution in [0.1, 0.15) is 0 Å². The first-order valence-electron chi connectivity index (χ1n) is 4.57. The van der Waals surface area contributed by atoms with Gasteiger partial charge >= 0.3 is 5.69 Å². The van der Waals surface area contributed by atoms with Crippen LogP contribution in [0.15, 0.2) is 17.6 Å². The Hall–Kier alpha value is -1.73. The summed E-state index contributed by atoms with van der Waals surface area (Å²) in [5.41, 5.74) is 7.14. The summed E-state index contributed by atoms with van der Waals surface area (Å²) in [5.74, 6) is 0.217. The third kappa shape index (κ3) is 1.82. The van der Waals surface area contributed by atoms with E-state index >= 15 is 0 Å². The molecule has 7 heteroatoms. The molecule has 0 atom stereocenters. The molecular weight excluding hydrogens is 230 g/mol. The van der Waals surface area contributed by atoms with Gasteiger partial charge in [-0.3, -0.25) is 10.1 Å². The first-order chi connectivity index (χ1) is 7.74. The molecule has 0 saturated carbocycles. The van der Waals surface area contributed by atoms with Gasteiger partial charge < -0.3 is 10.5 Å². The summed E-state index contributed by atoms with van der Waals surface area (Å²) in [7, 11) is 0. The number of aromatic nitrogens is 1. The molecule has 0 unspecified atom stereocenters. The lowest BCUT2D eigenvalue weighted by atomic mass is 10.2. The molecule has 1 aromatic heterocycles. The molecule has 0 spiro atoms. The predicted molar refractivity (Wildman–Crippen MR) is 60.8 cm³/mol. The van der Waals surface area contributed by atoms with Crippen LogP contribution >= 0.6 is 11.3 Å². The van der Waals surface area contributed by atoms with Gasteiger partial charge in [0.25, 0.3) is 0 Å². The van der Waals surface area contributed by atoms with Crippen molar-refractivity contribution in [3.05, 3.63) is 27.8 Å². The lowest BCUT2D eigenvalue weighted by Crippen LogP contribution is -2.11. The maximum atomic E-state index is 11.0. The van der Waals surface area contributed by atoms with E-state index in [-0.39, 0.29) is 18.0 Å². The topological polar surface area (TPSA) is 91.3 Å². The van der Waals surface area contributed by atoms with Crippen LogP contribution < -0.4 is 10.5 Å². The second kappa shape index (κ2) is 4.42. The van der Waals surface area contributed by atoms with Crippen molar-refractivity contribution in [2.75, 3.05) is 13.2 Å². The van der Waals surface area contributed by atoms with E-state index in [0.29, 0.717) is 12.1 Å². The average molecular weight is 239 g/mol. The summed E-state index contributed by atoms with van der Waals surface area (Å²) in [5, 5.41) is 11.0. The highest BCUT2D eigenvalue weighted by Gasteiger charge is 2.21. The summed E-state index contributed by atoms with van der Waals surface area (Å²) >= 11 is 1.36. The molecule has 0 radical (unpaired) electrons. The highest BCUT2D eigenvalue weighted by molar-refractivity contribution is 7.16. The SMILES string of the molecule is NCCOc1ccc2scnc2c1[N+](=O)[O-]. The number of benzene rings is 1. The summed E-state index contributed by atoms with van der Waals surface area (Å²) in [6, 6.07) is 3.33. The number of nitro benzene ring substituents is 1. The minimum absolute atomic E-state index is 0.0906. The monoisotopic (exact) mass is 239 g/mol. The zero-order valence-electron chi connectivity index (χ0n) is 8.25. The van der Waals surface area contributed by atoms with Crippen LogP contribution in [0, 0.1) is 10.1 Å². The van der Waals surface area contributed by atoms with Crippen molar-refractivity contribution in [1.29, 1.82) is 0 Å². The van der Waals surface area contributed by atoms with E-state index in [0.717, 1.165) is 4.70 Å². The second-order valence-corrected chi connectivity index (χ2v) is 3.89. The van der Waals surface area contributed by atoms with Gasteiger partial charge in [-0.1, -0.05) is 0 Å². The van der Waals surface area contributed by atoms with Crippen LogP contribution in [-0.2, 0) is 0 Å². The number of nitro groups is 1. The molecule has 0 amide bonds. The zero-order valence-corrected chi connectivity index (χ0v) is 9.07. The molecule has 0 aliphatic heterocycles. The fourth-order valence-corrected chi connectivity index (χ4v) is 2.04. The van der Waals surface area contributed by atoms with E-state index in [4.69, 9.17) is 10.5 Å². The van der Waals surface area contributed by atoms with E-state index in [2.05, 4.69) is 4.98 Å². The first-order valence-corrected chi connectivity index (χ1v) is 5.45. The number of rotatable bonds is 4. The van der Waals surface area contributed by atoms with E-state index < -0.39 is 4.92 Å². The molecule has 0 aliphatic rings. The summed E-state index contributed by atoms with van der Waals surface area (Å²) in [6.07, 6.45) is 0. The fourth-order valence-electron chi connectivity index (χ4n) is 1.36. The molecule has 1 heterocycles. The third-order valence-corrected chi connectivity index (χ3v) is 2.79. The van der Waals surface area contributed by atoms with Gasteiger partial charge in [-0.25, -0.2) is 4.98 Å². The number of hydrogen-bond donors (Lipinski definition) is 1. The molecule has 0 saturated heterocycles. The highest BCUT2D eigenvalue weighted by Crippen LogP contribution is 2.35. The smallest absolute Gasteiger partial charge is 0.337 e. The third-order valence-electron chi connectivity index (χ3n) is 2.00. The summed E-state index contributed by atoms with van der Waals surface area (Å²) in [6.45, 7) is 0.558. The van der Waals surface area contributed by atoms with Crippen LogP contribution in [0.5, 0.6) is 5.75 Å². The second-order valence-electron chi connectivity index (χ2n) is 3.01. The number of hydrogen-bond acceptors (Lipinski definition) is 6. The van der Waals surface area contributed by atoms with Gasteiger partial charge in [-0.15, -0.1) is 11.3 Å². The number of nitrogens with two attached hydrogens (primary N) is 1. The van der Waals surface area contributed by atoms with Crippen LogP contribution in [0.4, 0.5) is 5.69 Å². The molecule has 0 aliphatic carbocycles. The number of fused-ring (bicyclic) bond motifs is 1. The number of thiazole rings is 1. The first kappa shape index (κ1) is 10.8. The normalized spacial score (nSPS) is 10.6. The molecule has 0 fully saturated rings. The maximum Gasteiger partial charge on any atom is 0.337 e. The van der Waals surface area contributed by atoms with Gasteiger partial charge in [-0.05, 0) is 12.1 Å². The van der Waals surface area contributed by atoms with Gasteiger partial charge in [0, 0.05) is 6.54 Å². The van der Waals surface area contributed by atoms with Gasteiger partial charge in [0.1, 0.15) is 6.61 Å². The minimum Gasteiger partial charge on any atom is -0.485 e. The van der Waals surface area contributed by atoms with Gasteiger partial charge in [0.2, 0.25) is 0 Å². The lowest BCUT2D eigenvalue weighted by Gasteiger charge is -2.04. The molecule has 2 rings (SSSR count). The van der Waals surface area contributed by atoms with Crippen molar-refractivity contribution in [2.24, 2.45) is 5.73 Å². The van der Waals surface area contributed by atoms with Crippen molar-refractivity contribution < 1.29 is 9.66 Å². The number of ether oxygens (including phenoxy) is 1. The van der Waals surface area contributed by atoms with E-state index in [9.17, 15) is 10.1 Å². The van der Waals surface area contributed by atoms with Crippen molar-refractivity contribution in [3.63, 3.8) is 0 Å². The Balaban J connectivity index is 2.54. The average Bonchev–Trinajstić information content (AvgIpc) is 2.72. The van der Waals surface area contributed by atoms with Crippen LogP contribution in [0.2, 0.25) is 0 Å². The standard InChI is InChI=1S/C9H9N3O3S/c10-3-4-15-6-1-2-7-8(11-5-16-7)9(6)12(13)14/h1-2,5H,3-4,10H2. The fraction of sp³-hybridized carbons (Fsp3) is 0.222. The molecule has 0 bridgehead atoms. The molecule has 16 heavy (non-hydrogen) atoms. The molecule has 1 aromatic carbocycles. The molecule has 84 valence electrons.